The van der Waals surface area contributed by atoms with E-state index >= 15 is 0 Å². The highest BCUT2D eigenvalue weighted by Gasteiger charge is 2.35. The van der Waals surface area contributed by atoms with E-state index in [4.69, 9.17) is 0 Å². The Balaban J connectivity index is 2.44. The van der Waals surface area contributed by atoms with Crippen molar-refractivity contribution in [2.75, 3.05) is 0 Å². The van der Waals surface area contributed by atoms with Gasteiger partial charge < -0.3 is 10.0 Å². The van der Waals surface area contributed by atoms with Crippen LogP contribution in [-0.2, 0) is 0 Å². The number of hydrogen-bond donors (Lipinski definition) is 2. The van der Waals surface area contributed by atoms with Gasteiger partial charge in [0.05, 0.1) is 0 Å². The molecule has 0 saturated heterocycles. The second kappa shape index (κ2) is 3.84. The molecule has 2 rings (SSSR count). The summed E-state index contributed by atoms with van der Waals surface area (Å²) < 4.78 is 0. The summed E-state index contributed by atoms with van der Waals surface area (Å²) in [5, 5.41) is 18.6. The molecule has 0 radical (unpaired) electrons. The Morgan fingerprint density at radius 3 is 2.67 bits per heavy atom. The van der Waals surface area contributed by atoms with Gasteiger partial charge in [-0.3, -0.25) is 0 Å². The molecule has 1 aliphatic rings. The van der Waals surface area contributed by atoms with Crippen LogP contribution in [0, 0.1) is 0 Å². The summed E-state index contributed by atoms with van der Waals surface area (Å²) in [6.07, 6.45) is 0.663. The van der Waals surface area contributed by atoms with Gasteiger partial charge in [-0.15, -0.1) is 0 Å². The summed E-state index contributed by atoms with van der Waals surface area (Å²) in [5.74, 6) is 0.0408. The maximum Gasteiger partial charge on any atom is 0.455 e. The van der Waals surface area contributed by atoms with Crippen LogP contribution in [0.3, 0.4) is 0 Å². The fraction of sp³-hybridized carbons (Fsp3) is 0.333. The molecule has 15 heavy (non-hydrogen) atoms. The summed E-state index contributed by atoms with van der Waals surface area (Å²) in [4.78, 5) is 0. The number of fused-ring (bicyclic) bond motifs is 1. The molecule has 0 heterocycles. The highest BCUT2D eigenvalue weighted by atomic mass is 16.4. The molecule has 2 nitrogen and oxygen atoms in total. The average Bonchev–Trinajstić information content (AvgIpc) is 2.23. The summed E-state index contributed by atoms with van der Waals surface area (Å²) in [6, 6.07) is 8.06. The monoisotopic (exact) mass is 202 g/mol. The van der Waals surface area contributed by atoms with Crippen molar-refractivity contribution in [3.8, 4) is 0 Å². The molecule has 2 N–H and O–H groups in total. The summed E-state index contributed by atoms with van der Waals surface area (Å²) in [5.41, 5.74) is 3.34. The molecular weight excluding hydrogens is 187 g/mol. The van der Waals surface area contributed by atoms with Crippen LogP contribution in [-0.4, -0.2) is 17.2 Å². The Bertz CT molecular complexity index is 387. The fourth-order valence-electron chi connectivity index (χ4n) is 2.38. The predicted molar refractivity (Wildman–Crippen MR) is 62.4 cm³/mol. The molecule has 0 fully saturated rings. The van der Waals surface area contributed by atoms with Crippen molar-refractivity contribution in [3.05, 3.63) is 42.0 Å². The van der Waals surface area contributed by atoms with Crippen molar-refractivity contribution in [1.82, 2.24) is 0 Å². The predicted octanol–water partition coefficient (Wildman–Crippen LogP) is 2.05. The number of hydrogen-bond acceptors (Lipinski definition) is 2. The first-order valence-corrected chi connectivity index (χ1v) is 5.24. The molecule has 0 aliphatic heterocycles. The Kier molecular flexibility index (Phi) is 2.68. The third-order valence-electron chi connectivity index (χ3n) is 3.34. The lowest BCUT2D eigenvalue weighted by atomic mass is 9.58. The van der Waals surface area contributed by atoms with E-state index in [0.29, 0.717) is 6.42 Å². The summed E-state index contributed by atoms with van der Waals surface area (Å²) in [7, 11) is -1.26. The Morgan fingerprint density at radius 1 is 1.33 bits per heavy atom. The smallest absolute Gasteiger partial charge is 0.427 e. The van der Waals surface area contributed by atoms with Crippen molar-refractivity contribution in [2.45, 2.75) is 25.1 Å². The minimum Gasteiger partial charge on any atom is -0.427 e. The zero-order chi connectivity index (χ0) is 11.0. The van der Waals surface area contributed by atoms with E-state index in [1.807, 2.05) is 31.2 Å². The zero-order valence-corrected chi connectivity index (χ0v) is 8.85. The van der Waals surface area contributed by atoms with Gasteiger partial charge in [0, 0.05) is 5.82 Å². The third kappa shape index (κ3) is 1.73. The molecule has 0 saturated carbocycles. The maximum absolute atomic E-state index is 9.31. The molecule has 1 unspecified atom stereocenters. The van der Waals surface area contributed by atoms with Crippen molar-refractivity contribution in [2.24, 2.45) is 0 Å². The molecule has 0 aromatic heterocycles. The van der Waals surface area contributed by atoms with Crippen LogP contribution in [0.25, 0.3) is 5.57 Å². The van der Waals surface area contributed by atoms with E-state index in [2.05, 4.69) is 6.58 Å². The lowest BCUT2D eigenvalue weighted by Gasteiger charge is -2.31. The molecule has 1 aromatic rings. The van der Waals surface area contributed by atoms with Gasteiger partial charge in [-0.2, -0.15) is 0 Å². The second-order valence-electron chi connectivity index (χ2n) is 4.26. The van der Waals surface area contributed by atoms with E-state index in [-0.39, 0.29) is 11.7 Å². The Labute approximate surface area is 90.4 Å². The molecule has 0 amide bonds. The molecule has 0 bridgehead atoms. The summed E-state index contributed by atoms with van der Waals surface area (Å²) >= 11 is 0. The Hall–Kier alpha value is -1.06. The molecule has 78 valence electrons. The molecule has 0 spiro atoms. The van der Waals surface area contributed by atoms with Crippen molar-refractivity contribution < 1.29 is 10.0 Å². The van der Waals surface area contributed by atoms with Crippen LogP contribution in [0.5, 0.6) is 0 Å². The average molecular weight is 202 g/mol. The van der Waals surface area contributed by atoms with Gasteiger partial charge in [-0.1, -0.05) is 37.8 Å². The van der Waals surface area contributed by atoms with E-state index < -0.39 is 7.12 Å². The van der Waals surface area contributed by atoms with Gasteiger partial charge in [-0.25, -0.2) is 0 Å². The number of allylic oxidation sites excluding steroid dienone is 1. The first-order chi connectivity index (χ1) is 7.11. The van der Waals surface area contributed by atoms with Crippen LogP contribution in [0.1, 0.15) is 30.4 Å². The van der Waals surface area contributed by atoms with E-state index in [1.165, 1.54) is 11.1 Å². The van der Waals surface area contributed by atoms with Crippen molar-refractivity contribution >= 4 is 12.7 Å². The highest BCUT2D eigenvalue weighted by Crippen LogP contribution is 2.44. The second-order valence-corrected chi connectivity index (χ2v) is 4.26. The molecular formula is C12H15BO2. The van der Waals surface area contributed by atoms with Crippen molar-refractivity contribution in [3.63, 3.8) is 0 Å². The maximum atomic E-state index is 9.31. The molecule has 2 atom stereocenters. The molecule has 3 heteroatoms. The van der Waals surface area contributed by atoms with Crippen LogP contribution >= 0.6 is 0 Å². The fourth-order valence-corrected chi connectivity index (χ4v) is 2.38. The van der Waals surface area contributed by atoms with Crippen molar-refractivity contribution in [1.29, 1.82) is 0 Å². The Morgan fingerprint density at radius 2 is 2.00 bits per heavy atom. The minimum atomic E-state index is -1.26. The van der Waals surface area contributed by atoms with E-state index in [0.717, 1.165) is 5.57 Å². The first kappa shape index (κ1) is 10.5. The van der Waals surface area contributed by atoms with Gasteiger partial charge in [0.15, 0.2) is 0 Å². The van der Waals surface area contributed by atoms with Gasteiger partial charge in [-0.05, 0) is 29.0 Å². The lowest BCUT2D eigenvalue weighted by Crippen LogP contribution is -2.27. The SMILES string of the molecule is C=C1C[C@@H](B(O)O)C(C)c2ccccc21. The number of rotatable bonds is 1. The van der Waals surface area contributed by atoms with E-state index in [9.17, 15) is 10.0 Å². The molecule has 1 aliphatic carbocycles. The van der Waals surface area contributed by atoms with Crippen LogP contribution in [0.15, 0.2) is 30.8 Å². The van der Waals surface area contributed by atoms with Gasteiger partial charge in [0.2, 0.25) is 0 Å². The first-order valence-electron chi connectivity index (χ1n) is 5.24. The lowest BCUT2D eigenvalue weighted by molar-refractivity contribution is 0.371. The number of benzene rings is 1. The molecule has 1 aromatic carbocycles. The van der Waals surface area contributed by atoms with Crippen LogP contribution in [0.4, 0.5) is 0 Å². The van der Waals surface area contributed by atoms with Crippen LogP contribution in [0.2, 0.25) is 5.82 Å². The highest BCUT2D eigenvalue weighted by molar-refractivity contribution is 6.43. The van der Waals surface area contributed by atoms with Crippen LogP contribution < -0.4 is 0 Å². The quantitative estimate of drug-likeness (QED) is 0.684. The largest absolute Gasteiger partial charge is 0.455 e. The van der Waals surface area contributed by atoms with E-state index in [1.54, 1.807) is 0 Å². The van der Waals surface area contributed by atoms with Gasteiger partial charge >= 0.3 is 7.12 Å². The summed E-state index contributed by atoms with van der Waals surface area (Å²) in [6.45, 7) is 6.04. The topological polar surface area (TPSA) is 40.5 Å². The minimum absolute atomic E-state index is 0.132. The van der Waals surface area contributed by atoms with Gasteiger partial charge in [0.25, 0.3) is 0 Å². The van der Waals surface area contributed by atoms with Gasteiger partial charge in [0.1, 0.15) is 0 Å². The zero-order valence-electron chi connectivity index (χ0n) is 8.85. The standard InChI is InChI=1S/C12H15BO2/c1-8-7-12(13(14)15)9(2)11-6-4-3-5-10(8)11/h3-6,9,12,14-15H,1,7H2,2H3/t9?,12-/m1/s1. The normalized spacial score (nSPS) is 24.9. The third-order valence-corrected chi connectivity index (χ3v) is 3.34.